The van der Waals surface area contributed by atoms with Gasteiger partial charge in [-0.1, -0.05) is 24.3 Å². The number of H-pyrrole nitrogens is 1. The lowest BCUT2D eigenvalue weighted by Crippen LogP contribution is -2.47. The highest BCUT2D eigenvalue weighted by molar-refractivity contribution is 6.01. The number of nitrogens with zero attached hydrogens (tertiary/aromatic N) is 3. The van der Waals surface area contributed by atoms with E-state index in [1.807, 2.05) is 12.1 Å². The van der Waals surface area contributed by atoms with Crippen molar-refractivity contribution in [2.24, 2.45) is 5.92 Å². The van der Waals surface area contributed by atoms with Gasteiger partial charge in [-0.2, -0.15) is 0 Å². The van der Waals surface area contributed by atoms with Crippen molar-refractivity contribution in [2.75, 3.05) is 23.7 Å². The smallest absolute Gasteiger partial charge is 0.255 e. The number of rotatable bonds is 10. The van der Waals surface area contributed by atoms with Crippen LogP contribution in [0.4, 0.5) is 20.4 Å². The maximum Gasteiger partial charge on any atom is 0.255 e. The fourth-order valence-corrected chi connectivity index (χ4v) is 9.26. The summed E-state index contributed by atoms with van der Waals surface area (Å²) in [5.74, 6) is -0.935. The van der Waals surface area contributed by atoms with E-state index in [0.29, 0.717) is 46.4 Å². The number of nitrogens with one attached hydrogen (secondary N) is 5. The lowest BCUT2D eigenvalue weighted by atomic mass is 9.83. The van der Waals surface area contributed by atoms with Crippen LogP contribution in [0.2, 0.25) is 0 Å². The number of amides is 3. The Hall–Kier alpha value is -5.50. The third kappa shape index (κ3) is 9.12. The van der Waals surface area contributed by atoms with Crippen molar-refractivity contribution >= 4 is 29.4 Å². The van der Waals surface area contributed by atoms with Crippen LogP contribution in [0.5, 0.6) is 0 Å². The molecule has 12 nitrogen and oxygen atoms in total. The zero-order valence-electron chi connectivity index (χ0n) is 32.4. The Morgan fingerprint density at radius 2 is 1.53 bits per heavy atom. The highest BCUT2D eigenvalue weighted by Gasteiger charge is 2.33. The highest BCUT2D eigenvalue weighted by Crippen LogP contribution is 2.35. The molecule has 0 bridgehead atoms. The van der Waals surface area contributed by atoms with Gasteiger partial charge in [-0.3, -0.25) is 24.5 Å². The van der Waals surface area contributed by atoms with Crippen LogP contribution < -0.4 is 26.8 Å². The van der Waals surface area contributed by atoms with E-state index in [4.69, 9.17) is 0 Å². The molecule has 14 heteroatoms. The summed E-state index contributed by atoms with van der Waals surface area (Å²) in [5.41, 5.74) is 2.87. The molecule has 2 aliphatic carbocycles. The van der Waals surface area contributed by atoms with Crippen molar-refractivity contribution in [2.45, 2.75) is 107 Å². The van der Waals surface area contributed by atoms with Crippen LogP contribution in [0.3, 0.4) is 0 Å². The van der Waals surface area contributed by atoms with Gasteiger partial charge in [0.05, 0.1) is 6.20 Å². The lowest BCUT2D eigenvalue weighted by Gasteiger charge is -2.41. The molecule has 8 rings (SSSR count). The van der Waals surface area contributed by atoms with Crippen molar-refractivity contribution in [3.8, 4) is 22.4 Å². The van der Waals surface area contributed by atoms with Gasteiger partial charge in [-0.25, -0.2) is 18.7 Å². The van der Waals surface area contributed by atoms with Gasteiger partial charge in [0, 0.05) is 53.5 Å². The summed E-state index contributed by atoms with van der Waals surface area (Å²) in [6.07, 6.45) is 12.1. The van der Waals surface area contributed by atoms with Crippen LogP contribution in [0.25, 0.3) is 22.4 Å². The van der Waals surface area contributed by atoms with E-state index in [2.05, 4.69) is 41.1 Å². The molecule has 2 saturated carbocycles. The quantitative estimate of drug-likeness (QED) is 0.117. The van der Waals surface area contributed by atoms with Crippen LogP contribution in [0.15, 0.2) is 71.8 Å². The maximum absolute atomic E-state index is 15.3. The minimum absolute atomic E-state index is 0.0500. The number of piperidine rings is 2. The molecule has 5 N–H and O–H groups in total. The zero-order valence-corrected chi connectivity index (χ0v) is 32.4. The third-order valence-electron chi connectivity index (χ3n) is 12.5. The summed E-state index contributed by atoms with van der Waals surface area (Å²) in [6.45, 7) is 1.82. The number of pyridine rings is 1. The average molecular weight is 793 g/mol. The molecule has 2 aromatic heterocycles. The number of hydrogen-bond acceptors (Lipinski definition) is 9. The SMILES string of the molecule is O=C1CC[C@@H](Nc2ccc(C3CCN(C4CCC(NC(=O)C5CCC(Nc6ncc(F)c(-c7cccc(-c8ccc[nH]c8=O)c7)n6)CC5)CC4)CC3)c(F)c2)C(=O)N1. The van der Waals surface area contributed by atoms with Crippen LogP contribution in [0, 0.1) is 17.6 Å². The van der Waals surface area contributed by atoms with E-state index in [0.717, 1.165) is 83.5 Å². The first-order chi connectivity index (χ1) is 28.2. The van der Waals surface area contributed by atoms with E-state index < -0.39 is 11.9 Å². The Bertz CT molecular complexity index is 2190. The molecule has 0 unspecified atom stereocenters. The Morgan fingerprint density at radius 1 is 0.776 bits per heavy atom. The van der Waals surface area contributed by atoms with E-state index in [-0.39, 0.29) is 65.1 Å². The van der Waals surface area contributed by atoms with Gasteiger partial charge in [0.2, 0.25) is 23.7 Å². The summed E-state index contributed by atoms with van der Waals surface area (Å²) in [7, 11) is 0. The van der Waals surface area contributed by atoms with Crippen molar-refractivity contribution in [3.63, 3.8) is 0 Å². The number of halogens is 2. The molecule has 2 aromatic carbocycles. The first kappa shape index (κ1) is 39.3. The van der Waals surface area contributed by atoms with Crippen LogP contribution in [-0.2, 0) is 14.4 Å². The fourth-order valence-electron chi connectivity index (χ4n) is 9.26. The normalized spacial score (nSPS) is 24.5. The molecule has 4 heterocycles. The number of carbonyl (C=O) groups excluding carboxylic acids is 3. The third-order valence-corrected chi connectivity index (χ3v) is 12.5. The number of imide groups is 1. The van der Waals surface area contributed by atoms with Gasteiger partial charge in [-0.15, -0.1) is 0 Å². The predicted molar refractivity (Wildman–Crippen MR) is 217 cm³/mol. The van der Waals surface area contributed by atoms with Crippen LogP contribution in [-0.4, -0.2) is 74.8 Å². The number of anilines is 2. The Balaban J connectivity index is 0.760. The summed E-state index contributed by atoms with van der Waals surface area (Å²) in [4.78, 5) is 63.2. The molecule has 304 valence electrons. The first-order valence-corrected chi connectivity index (χ1v) is 20.7. The molecule has 0 spiro atoms. The Labute approximate surface area is 336 Å². The Kier molecular flexibility index (Phi) is 11.9. The number of carbonyl (C=O) groups is 3. The number of benzene rings is 2. The number of aromatic amines is 1. The van der Waals surface area contributed by atoms with Gasteiger partial charge in [0.1, 0.15) is 17.6 Å². The lowest BCUT2D eigenvalue weighted by molar-refractivity contribution is -0.133. The first-order valence-electron chi connectivity index (χ1n) is 20.7. The zero-order chi connectivity index (χ0) is 40.2. The van der Waals surface area contributed by atoms with E-state index in [1.54, 1.807) is 42.6 Å². The number of hydrogen-bond donors (Lipinski definition) is 5. The summed E-state index contributed by atoms with van der Waals surface area (Å²) in [6, 6.07) is 15.8. The van der Waals surface area contributed by atoms with E-state index in [1.165, 1.54) is 6.07 Å². The second-order valence-electron chi connectivity index (χ2n) is 16.3. The second-order valence-corrected chi connectivity index (χ2v) is 16.3. The molecule has 2 saturated heterocycles. The van der Waals surface area contributed by atoms with Crippen LogP contribution >= 0.6 is 0 Å². The molecular weight excluding hydrogens is 743 g/mol. The molecule has 4 aromatic rings. The number of likely N-dealkylation sites (tertiary alicyclic amines) is 1. The maximum atomic E-state index is 15.3. The Morgan fingerprint density at radius 3 is 2.28 bits per heavy atom. The molecule has 1 atom stereocenters. The number of aromatic nitrogens is 3. The molecule has 4 aliphatic rings. The van der Waals surface area contributed by atoms with Crippen molar-refractivity contribution in [1.29, 1.82) is 0 Å². The van der Waals surface area contributed by atoms with Gasteiger partial charge in [-0.05, 0) is 131 Å². The average Bonchev–Trinajstić information content (AvgIpc) is 3.23. The molecular formula is C44H50F2N8O4. The predicted octanol–water partition coefficient (Wildman–Crippen LogP) is 6.27. The monoisotopic (exact) mass is 792 g/mol. The molecule has 2 aliphatic heterocycles. The van der Waals surface area contributed by atoms with Gasteiger partial charge >= 0.3 is 0 Å². The topological polar surface area (TPSA) is 161 Å². The summed E-state index contributed by atoms with van der Waals surface area (Å²) >= 11 is 0. The second kappa shape index (κ2) is 17.6. The van der Waals surface area contributed by atoms with Crippen molar-refractivity contribution < 1.29 is 23.2 Å². The molecule has 0 radical (unpaired) electrons. The van der Waals surface area contributed by atoms with E-state index >= 15 is 4.39 Å². The summed E-state index contributed by atoms with van der Waals surface area (Å²) < 4.78 is 30.2. The standard InChI is InChI=1S/C44H50F2N8O4/c45-36-24-32(49-38-16-17-39(55)52-43(38)58)12-15-34(36)26-18-21-54(22-19-26)33-13-10-30(11-14-33)50-41(56)27-6-8-31(9-7-27)51-44-48-25-37(46)40(53-44)29-4-1-3-28(23-29)35-5-2-20-47-42(35)57/h1-5,12,15,20,23-27,30-31,33,38,49H,6-11,13-14,16-19,21-22H2,(H,47,57)(H,50,56)(H,48,51,53)(H,52,55,58)/t27?,30?,31?,33?,38-/m1/s1. The van der Waals surface area contributed by atoms with Crippen molar-refractivity contribution in [3.05, 3.63) is 94.5 Å². The van der Waals surface area contributed by atoms with Crippen LogP contribution in [0.1, 0.15) is 88.5 Å². The minimum atomic E-state index is -0.553. The van der Waals surface area contributed by atoms with Gasteiger partial charge < -0.3 is 25.8 Å². The van der Waals surface area contributed by atoms with Gasteiger partial charge in [0.15, 0.2) is 5.82 Å². The summed E-state index contributed by atoms with van der Waals surface area (Å²) in [5, 5.41) is 12.1. The minimum Gasteiger partial charge on any atom is -0.374 e. The molecule has 58 heavy (non-hydrogen) atoms. The van der Waals surface area contributed by atoms with E-state index in [9.17, 15) is 23.6 Å². The molecule has 4 fully saturated rings. The van der Waals surface area contributed by atoms with Crippen molar-refractivity contribution in [1.82, 2.24) is 30.5 Å². The van der Waals surface area contributed by atoms with Gasteiger partial charge in [0.25, 0.3) is 5.56 Å². The largest absolute Gasteiger partial charge is 0.374 e. The fraction of sp³-hybridized carbons (Fsp3) is 0.455. The highest BCUT2D eigenvalue weighted by atomic mass is 19.1. The molecule has 3 amide bonds.